The molecule has 22 heteroatoms. The second kappa shape index (κ2) is 25.3. The molecule has 0 aromatic carbocycles. The predicted octanol–water partition coefficient (Wildman–Crippen LogP) is -0.00400. The molecule has 57 heavy (non-hydrogen) atoms. The lowest BCUT2D eigenvalue weighted by atomic mass is 9.98. The van der Waals surface area contributed by atoms with Crippen LogP contribution in [0.4, 0.5) is 4.79 Å². The van der Waals surface area contributed by atoms with Crippen LogP contribution in [0.5, 0.6) is 0 Å². The zero-order valence-corrected chi connectivity index (χ0v) is 34.2. The standard InChI is InChI=1S/C35H53N3O18S/c1-19(39)51-17-25-28(52-20(2)40)29(53-21(3)41)30(54-22(4)42)33(55-25)50-14-10-11-15-57-18-24(31(45)36-16-27(44)48-8)37-26(43)13-12-23(32(46)49-9)38-34(47)56-35(5,6)7/h10-11,23-25,28-30,33H,12-18H2,1-9H3,(H,36,45)(H,37,43)(H,38,47)/b11-10+/t23-,24-,25+,28+,29-,30+,33+/m0/s1. The van der Waals surface area contributed by atoms with Gasteiger partial charge in [-0.1, -0.05) is 12.2 Å². The number of amides is 3. The molecular formula is C35H53N3O18S. The molecule has 1 aliphatic heterocycles. The van der Waals surface area contributed by atoms with Gasteiger partial charge in [-0.2, -0.15) is 11.8 Å². The van der Waals surface area contributed by atoms with Crippen molar-refractivity contribution in [2.24, 2.45) is 0 Å². The number of carbonyl (C=O) groups excluding carboxylic acids is 9. The van der Waals surface area contributed by atoms with Gasteiger partial charge in [0, 0.05) is 45.6 Å². The Bertz CT molecular complexity index is 1450. The molecule has 0 bridgehead atoms. The van der Waals surface area contributed by atoms with Gasteiger partial charge in [-0.25, -0.2) is 9.59 Å². The Kier molecular flexibility index (Phi) is 22.2. The van der Waals surface area contributed by atoms with Crippen molar-refractivity contribution in [2.75, 3.05) is 45.5 Å². The topological polar surface area (TPSA) is 273 Å². The number of hydrogen-bond donors (Lipinski definition) is 3. The second-order valence-corrected chi connectivity index (χ2v) is 14.2. The van der Waals surface area contributed by atoms with Crippen molar-refractivity contribution in [3.8, 4) is 0 Å². The van der Waals surface area contributed by atoms with E-state index in [4.69, 9.17) is 37.9 Å². The summed E-state index contributed by atoms with van der Waals surface area (Å²) >= 11 is 1.20. The molecule has 0 aromatic rings. The molecule has 0 aromatic heterocycles. The van der Waals surface area contributed by atoms with Crippen LogP contribution in [0, 0.1) is 0 Å². The van der Waals surface area contributed by atoms with Gasteiger partial charge in [-0.3, -0.25) is 33.6 Å². The maximum absolute atomic E-state index is 12.9. The molecule has 3 amide bonds. The summed E-state index contributed by atoms with van der Waals surface area (Å²) < 4.78 is 47.2. The van der Waals surface area contributed by atoms with Crippen LogP contribution in [0.15, 0.2) is 12.2 Å². The molecule has 1 fully saturated rings. The van der Waals surface area contributed by atoms with Crippen molar-refractivity contribution in [1.29, 1.82) is 0 Å². The number of esters is 6. The molecule has 1 heterocycles. The quantitative estimate of drug-likeness (QED) is 0.0594. The number of nitrogens with one attached hydrogen (secondary N) is 3. The zero-order chi connectivity index (χ0) is 43.3. The Morgan fingerprint density at radius 3 is 1.95 bits per heavy atom. The van der Waals surface area contributed by atoms with Crippen LogP contribution >= 0.6 is 11.8 Å². The average molecular weight is 836 g/mol. The molecule has 0 spiro atoms. The van der Waals surface area contributed by atoms with E-state index in [9.17, 15) is 43.2 Å². The van der Waals surface area contributed by atoms with Gasteiger partial charge in [0.15, 0.2) is 24.6 Å². The third kappa shape index (κ3) is 20.7. The SMILES string of the molecule is COC(=O)CNC(=O)[C@H](CSC/C=C/CO[C@@H]1O[C@H](COC(C)=O)[C@@H](OC(C)=O)[C@H](OC(C)=O)[C@H]1OC(C)=O)NC(=O)CC[C@H](NC(=O)OC(C)(C)C)C(=O)OC. The van der Waals surface area contributed by atoms with E-state index in [-0.39, 0.29) is 31.0 Å². The van der Waals surface area contributed by atoms with Crippen LogP contribution < -0.4 is 16.0 Å². The molecule has 21 nitrogen and oxygen atoms in total. The summed E-state index contributed by atoms with van der Waals surface area (Å²) in [5.74, 6) is -5.66. The zero-order valence-electron chi connectivity index (χ0n) is 33.4. The molecule has 322 valence electrons. The van der Waals surface area contributed by atoms with Crippen molar-refractivity contribution >= 4 is 65.5 Å². The number of alkyl carbamates (subject to hydrolysis) is 1. The fraction of sp³-hybridized carbons (Fsp3) is 0.686. The second-order valence-electron chi connectivity index (χ2n) is 13.1. The fourth-order valence-electron chi connectivity index (χ4n) is 4.78. The lowest BCUT2D eigenvalue weighted by molar-refractivity contribution is -0.305. The maximum Gasteiger partial charge on any atom is 0.408 e. The Labute approximate surface area is 334 Å². The van der Waals surface area contributed by atoms with Crippen molar-refractivity contribution < 1.29 is 85.8 Å². The third-order valence-corrected chi connectivity index (χ3v) is 8.09. The van der Waals surface area contributed by atoms with E-state index in [1.165, 1.54) is 11.8 Å². The molecule has 0 unspecified atom stereocenters. The molecule has 3 N–H and O–H groups in total. The lowest BCUT2D eigenvalue weighted by Crippen LogP contribution is -2.62. The van der Waals surface area contributed by atoms with Gasteiger partial charge >= 0.3 is 41.9 Å². The number of rotatable bonds is 21. The van der Waals surface area contributed by atoms with Crippen LogP contribution in [0.1, 0.15) is 61.3 Å². The van der Waals surface area contributed by atoms with Gasteiger partial charge in [0.1, 0.15) is 36.9 Å². The first-order valence-corrected chi connectivity index (χ1v) is 18.7. The minimum Gasteiger partial charge on any atom is -0.468 e. The maximum atomic E-state index is 12.9. The normalized spacial score (nSPS) is 20.1. The first-order chi connectivity index (χ1) is 26.7. The van der Waals surface area contributed by atoms with Crippen LogP contribution in [0.2, 0.25) is 0 Å². The Morgan fingerprint density at radius 1 is 0.772 bits per heavy atom. The number of carbonyl (C=O) groups is 9. The molecule has 7 atom stereocenters. The largest absolute Gasteiger partial charge is 0.468 e. The van der Waals surface area contributed by atoms with E-state index in [0.717, 1.165) is 41.9 Å². The highest BCUT2D eigenvalue weighted by Gasteiger charge is 2.52. The summed E-state index contributed by atoms with van der Waals surface area (Å²) in [6.07, 6.45) is -4.94. The Balaban J connectivity index is 3.00. The Morgan fingerprint density at radius 2 is 1.39 bits per heavy atom. The molecule has 1 saturated heterocycles. The summed E-state index contributed by atoms with van der Waals surface area (Å²) in [7, 11) is 2.25. The number of hydrogen-bond acceptors (Lipinski definition) is 19. The smallest absolute Gasteiger partial charge is 0.408 e. The third-order valence-electron chi connectivity index (χ3n) is 7.09. The number of ether oxygens (including phenoxy) is 9. The highest BCUT2D eigenvalue weighted by atomic mass is 32.2. The molecule has 1 aliphatic rings. The summed E-state index contributed by atoms with van der Waals surface area (Å²) in [6.45, 7) is 8.28. The van der Waals surface area contributed by atoms with E-state index in [2.05, 4.69) is 20.7 Å². The summed E-state index contributed by atoms with van der Waals surface area (Å²) in [5, 5.41) is 7.30. The molecule has 0 aliphatic carbocycles. The first kappa shape index (κ1) is 50.1. The van der Waals surface area contributed by atoms with Crippen LogP contribution in [0.25, 0.3) is 0 Å². The molecule has 1 rings (SSSR count). The highest BCUT2D eigenvalue weighted by Crippen LogP contribution is 2.30. The van der Waals surface area contributed by atoms with Gasteiger partial charge in [0.25, 0.3) is 0 Å². The molecule has 0 saturated carbocycles. The number of methoxy groups -OCH3 is 2. The van der Waals surface area contributed by atoms with E-state index in [0.29, 0.717) is 0 Å². The van der Waals surface area contributed by atoms with Gasteiger partial charge < -0.3 is 58.6 Å². The minimum atomic E-state index is -1.41. The van der Waals surface area contributed by atoms with Gasteiger partial charge in [0.2, 0.25) is 11.8 Å². The van der Waals surface area contributed by atoms with E-state index >= 15 is 0 Å². The summed E-state index contributed by atoms with van der Waals surface area (Å²) in [5.41, 5.74) is -0.852. The Hall–Kier alpha value is -4.96. The van der Waals surface area contributed by atoms with Gasteiger partial charge in [-0.15, -0.1) is 0 Å². The summed E-state index contributed by atoms with van der Waals surface area (Å²) in [6, 6.07) is -2.38. The predicted molar refractivity (Wildman–Crippen MR) is 196 cm³/mol. The summed E-state index contributed by atoms with van der Waals surface area (Å²) in [4.78, 5) is 109. The number of thioether (sulfide) groups is 1. The lowest BCUT2D eigenvalue weighted by Gasteiger charge is -2.43. The minimum absolute atomic E-state index is 0.0141. The first-order valence-electron chi connectivity index (χ1n) is 17.5. The van der Waals surface area contributed by atoms with Gasteiger partial charge in [0.05, 0.1) is 20.8 Å². The molecular weight excluding hydrogens is 782 g/mol. The van der Waals surface area contributed by atoms with Crippen LogP contribution in [-0.2, 0) is 81.0 Å². The van der Waals surface area contributed by atoms with E-state index in [1.54, 1.807) is 32.9 Å². The van der Waals surface area contributed by atoms with Crippen molar-refractivity contribution in [3.05, 3.63) is 12.2 Å². The van der Waals surface area contributed by atoms with Crippen LogP contribution in [0.3, 0.4) is 0 Å². The van der Waals surface area contributed by atoms with Crippen molar-refractivity contribution in [1.82, 2.24) is 16.0 Å². The average Bonchev–Trinajstić information content (AvgIpc) is 3.10. The van der Waals surface area contributed by atoms with Crippen LogP contribution in [-0.4, -0.2) is 148 Å². The van der Waals surface area contributed by atoms with E-state index < -0.39 is 115 Å². The van der Waals surface area contributed by atoms with Gasteiger partial charge in [-0.05, 0) is 27.2 Å². The monoisotopic (exact) mass is 835 g/mol. The van der Waals surface area contributed by atoms with E-state index in [1.807, 2.05) is 0 Å². The highest BCUT2D eigenvalue weighted by molar-refractivity contribution is 7.99. The van der Waals surface area contributed by atoms with Crippen molar-refractivity contribution in [2.45, 2.75) is 110 Å². The fourth-order valence-corrected chi connectivity index (χ4v) is 5.66. The van der Waals surface area contributed by atoms with Crippen molar-refractivity contribution in [3.63, 3.8) is 0 Å². The molecule has 0 radical (unpaired) electrons.